The summed E-state index contributed by atoms with van der Waals surface area (Å²) in [5, 5.41) is 4.38. The SMILES string of the molecule is CCOc1cccc(CNCC2CCCCS2)c1. The molecule has 1 saturated heterocycles. The van der Waals surface area contributed by atoms with Gasteiger partial charge in [-0.25, -0.2) is 0 Å². The van der Waals surface area contributed by atoms with Crippen molar-refractivity contribution in [2.45, 2.75) is 38.0 Å². The Kier molecular flexibility index (Phi) is 5.88. The normalized spacial score (nSPS) is 19.7. The summed E-state index contributed by atoms with van der Waals surface area (Å²) in [7, 11) is 0. The highest BCUT2D eigenvalue weighted by Gasteiger charge is 2.12. The van der Waals surface area contributed by atoms with Crippen molar-refractivity contribution in [1.29, 1.82) is 0 Å². The highest BCUT2D eigenvalue weighted by molar-refractivity contribution is 7.99. The second-order valence-corrected chi connectivity index (χ2v) is 6.11. The van der Waals surface area contributed by atoms with Gasteiger partial charge < -0.3 is 10.1 Å². The lowest BCUT2D eigenvalue weighted by atomic mass is 10.2. The zero-order valence-electron chi connectivity index (χ0n) is 11.2. The quantitative estimate of drug-likeness (QED) is 0.851. The maximum atomic E-state index is 5.51. The van der Waals surface area contributed by atoms with E-state index < -0.39 is 0 Å². The highest BCUT2D eigenvalue weighted by Crippen LogP contribution is 2.24. The Labute approximate surface area is 114 Å². The van der Waals surface area contributed by atoms with E-state index in [2.05, 4.69) is 35.3 Å². The van der Waals surface area contributed by atoms with Crippen LogP contribution in [-0.4, -0.2) is 24.2 Å². The van der Waals surface area contributed by atoms with Gasteiger partial charge in [0.25, 0.3) is 0 Å². The molecule has 1 aliphatic heterocycles. The highest BCUT2D eigenvalue weighted by atomic mass is 32.2. The van der Waals surface area contributed by atoms with Gasteiger partial charge in [0.2, 0.25) is 0 Å². The molecule has 3 heteroatoms. The molecule has 0 aromatic heterocycles. The summed E-state index contributed by atoms with van der Waals surface area (Å²) in [5.74, 6) is 2.32. The Morgan fingerprint density at radius 1 is 1.39 bits per heavy atom. The van der Waals surface area contributed by atoms with Crippen LogP contribution in [0.2, 0.25) is 0 Å². The molecule has 1 aromatic carbocycles. The lowest BCUT2D eigenvalue weighted by Gasteiger charge is -2.21. The van der Waals surface area contributed by atoms with Gasteiger partial charge in [-0.2, -0.15) is 11.8 Å². The number of thioether (sulfide) groups is 1. The molecule has 100 valence electrons. The third kappa shape index (κ3) is 4.54. The first-order valence-corrected chi connectivity index (χ1v) is 7.97. The van der Waals surface area contributed by atoms with Crippen molar-refractivity contribution >= 4 is 11.8 Å². The summed E-state index contributed by atoms with van der Waals surface area (Å²) < 4.78 is 5.51. The first-order valence-electron chi connectivity index (χ1n) is 6.92. The predicted octanol–water partition coefficient (Wildman–Crippen LogP) is 3.46. The Hall–Kier alpha value is -0.670. The number of ether oxygens (including phenoxy) is 1. The Balaban J connectivity index is 1.73. The number of rotatable bonds is 6. The first kappa shape index (κ1) is 13.8. The van der Waals surface area contributed by atoms with E-state index in [9.17, 15) is 0 Å². The van der Waals surface area contributed by atoms with E-state index in [1.165, 1.54) is 30.6 Å². The van der Waals surface area contributed by atoms with Gasteiger partial charge in [0, 0.05) is 18.3 Å². The molecule has 1 heterocycles. The molecule has 1 atom stereocenters. The first-order chi connectivity index (χ1) is 8.88. The molecule has 2 nitrogen and oxygen atoms in total. The molecule has 1 N–H and O–H groups in total. The molecular weight excluding hydrogens is 242 g/mol. The van der Waals surface area contributed by atoms with Gasteiger partial charge in [0.1, 0.15) is 5.75 Å². The molecule has 0 radical (unpaired) electrons. The number of hydrogen-bond acceptors (Lipinski definition) is 3. The molecule has 0 saturated carbocycles. The minimum absolute atomic E-state index is 0.732. The van der Waals surface area contributed by atoms with E-state index in [0.29, 0.717) is 0 Å². The number of benzene rings is 1. The molecule has 1 unspecified atom stereocenters. The fourth-order valence-corrected chi connectivity index (χ4v) is 3.53. The van der Waals surface area contributed by atoms with E-state index >= 15 is 0 Å². The van der Waals surface area contributed by atoms with E-state index in [4.69, 9.17) is 4.74 Å². The largest absolute Gasteiger partial charge is 0.494 e. The summed E-state index contributed by atoms with van der Waals surface area (Å²) >= 11 is 2.12. The Bertz CT molecular complexity index is 350. The standard InChI is InChI=1S/C15H23NOS/c1-2-17-14-7-5-6-13(10-14)11-16-12-15-8-3-4-9-18-15/h5-7,10,15-16H,2-4,8-9,11-12H2,1H3. The monoisotopic (exact) mass is 265 g/mol. The third-order valence-electron chi connectivity index (χ3n) is 3.18. The third-order valence-corrected chi connectivity index (χ3v) is 4.58. The summed E-state index contributed by atoms with van der Waals surface area (Å²) in [6.45, 7) is 4.82. The van der Waals surface area contributed by atoms with Gasteiger partial charge in [0.05, 0.1) is 6.61 Å². The van der Waals surface area contributed by atoms with E-state index in [0.717, 1.165) is 30.7 Å². The topological polar surface area (TPSA) is 21.3 Å². The molecule has 0 aliphatic carbocycles. The molecular formula is C15H23NOS. The lowest BCUT2D eigenvalue weighted by Crippen LogP contribution is -2.26. The van der Waals surface area contributed by atoms with Crippen LogP contribution in [0.15, 0.2) is 24.3 Å². The maximum absolute atomic E-state index is 5.51. The van der Waals surface area contributed by atoms with Crippen LogP contribution < -0.4 is 10.1 Å². The van der Waals surface area contributed by atoms with Crippen LogP contribution in [-0.2, 0) is 6.54 Å². The average molecular weight is 265 g/mol. The summed E-state index contributed by atoms with van der Waals surface area (Å²) in [4.78, 5) is 0. The van der Waals surface area contributed by atoms with Gasteiger partial charge in [-0.3, -0.25) is 0 Å². The minimum atomic E-state index is 0.732. The smallest absolute Gasteiger partial charge is 0.119 e. The van der Waals surface area contributed by atoms with Crippen molar-refractivity contribution in [1.82, 2.24) is 5.32 Å². The fraction of sp³-hybridized carbons (Fsp3) is 0.600. The molecule has 1 aliphatic rings. The second kappa shape index (κ2) is 7.70. The van der Waals surface area contributed by atoms with Crippen LogP contribution in [0.4, 0.5) is 0 Å². The Morgan fingerprint density at radius 3 is 3.11 bits per heavy atom. The van der Waals surface area contributed by atoms with E-state index in [1.54, 1.807) is 0 Å². The van der Waals surface area contributed by atoms with Gasteiger partial charge in [0.15, 0.2) is 0 Å². The van der Waals surface area contributed by atoms with E-state index in [1.807, 2.05) is 13.0 Å². The van der Waals surface area contributed by atoms with Gasteiger partial charge in [-0.15, -0.1) is 0 Å². The lowest BCUT2D eigenvalue weighted by molar-refractivity contribution is 0.340. The van der Waals surface area contributed by atoms with Crippen molar-refractivity contribution in [2.75, 3.05) is 18.9 Å². The van der Waals surface area contributed by atoms with Gasteiger partial charge in [-0.05, 0) is 43.2 Å². The van der Waals surface area contributed by atoms with Crippen molar-refractivity contribution in [3.8, 4) is 5.75 Å². The number of nitrogens with one attached hydrogen (secondary N) is 1. The molecule has 1 fully saturated rings. The molecule has 18 heavy (non-hydrogen) atoms. The molecule has 0 spiro atoms. The minimum Gasteiger partial charge on any atom is -0.494 e. The fourth-order valence-electron chi connectivity index (χ4n) is 2.26. The summed E-state index contributed by atoms with van der Waals surface area (Å²) in [6, 6.07) is 8.37. The molecule has 0 amide bonds. The van der Waals surface area contributed by atoms with Crippen molar-refractivity contribution in [3.05, 3.63) is 29.8 Å². The van der Waals surface area contributed by atoms with Gasteiger partial charge >= 0.3 is 0 Å². The van der Waals surface area contributed by atoms with Crippen LogP contribution in [0, 0.1) is 0 Å². The zero-order chi connectivity index (χ0) is 12.6. The molecule has 1 aromatic rings. The van der Waals surface area contributed by atoms with Crippen LogP contribution in [0.5, 0.6) is 5.75 Å². The van der Waals surface area contributed by atoms with Crippen molar-refractivity contribution < 1.29 is 4.74 Å². The summed E-state index contributed by atoms with van der Waals surface area (Å²) in [6.07, 6.45) is 4.17. The summed E-state index contributed by atoms with van der Waals surface area (Å²) in [5.41, 5.74) is 1.31. The maximum Gasteiger partial charge on any atom is 0.119 e. The van der Waals surface area contributed by atoms with Crippen LogP contribution >= 0.6 is 11.8 Å². The van der Waals surface area contributed by atoms with Crippen LogP contribution in [0.25, 0.3) is 0 Å². The van der Waals surface area contributed by atoms with Crippen molar-refractivity contribution in [3.63, 3.8) is 0 Å². The molecule has 2 rings (SSSR count). The number of hydrogen-bond donors (Lipinski definition) is 1. The zero-order valence-corrected chi connectivity index (χ0v) is 12.0. The van der Waals surface area contributed by atoms with Gasteiger partial charge in [-0.1, -0.05) is 18.6 Å². The van der Waals surface area contributed by atoms with Crippen LogP contribution in [0.1, 0.15) is 31.7 Å². The Morgan fingerprint density at radius 2 is 2.33 bits per heavy atom. The average Bonchev–Trinajstić information content (AvgIpc) is 2.41. The van der Waals surface area contributed by atoms with E-state index in [-0.39, 0.29) is 0 Å². The predicted molar refractivity (Wildman–Crippen MR) is 79.4 cm³/mol. The molecule has 0 bridgehead atoms. The van der Waals surface area contributed by atoms with Crippen molar-refractivity contribution in [2.24, 2.45) is 0 Å². The second-order valence-electron chi connectivity index (χ2n) is 4.70. The van der Waals surface area contributed by atoms with Crippen LogP contribution in [0.3, 0.4) is 0 Å².